The summed E-state index contributed by atoms with van der Waals surface area (Å²) in [6.45, 7) is 0. The van der Waals surface area contributed by atoms with Crippen molar-refractivity contribution in [1.82, 2.24) is 0 Å². The van der Waals surface area contributed by atoms with E-state index >= 15 is 0 Å². The van der Waals surface area contributed by atoms with E-state index in [1.165, 1.54) is 6.07 Å². The Labute approximate surface area is 95.4 Å². The Kier molecular flexibility index (Phi) is 4.19. The van der Waals surface area contributed by atoms with Gasteiger partial charge in [0.15, 0.2) is 0 Å². The van der Waals surface area contributed by atoms with Gasteiger partial charge in [-0.25, -0.2) is 0 Å². The van der Waals surface area contributed by atoms with Crippen LogP contribution in [-0.4, -0.2) is 16.7 Å². The summed E-state index contributed by atoms with van der Waals surface area (Å²) in [5, 5.41) is 12.7. The number of hydrogen-bond acceptors (Lipinski definition) is 3. The van der Waals surface area contributed by atoms with Gasteiger partial charge >= 0.3 is 5.69 Å². The Morgan fingerprint density at radius 1 is 1.56 bits per heavy atom. The van der Waals surface area contributed by atoms with Gasteiger partial charge in [-0.2, -0.15) is 4.39 Å². The van der Waals surface area contributed by atoms with Gasteiger partial charge in [0.05, 0.1) is 4.92 Å². The van der Waals surface area contributed by atoms with Crippen molar-refractivity contribution >= 4 is 28.9 Å². The lowest BCUT2D eigenvalue weighted by Crippen LogP contribution is -2.11. The molecular weight excluding hydrogens is 239 g/mol. The molecule has 0 heterocycles. The highest BCUT2D eigenvalue weighted by Gasteiger charge is 2.14. The standard InChI is InChI=1S/C9H8ClFN2O3/c10-4-3-9(14)12-6-1-2-8(13(15)16)7(11)5-6/h1-2,5H,3-4H2,(H,12,14). The molecule has 0 aromatic heterocycles. The van der Waals surface area contributed by atoms with Gasteiger partial charge in [0, 0.05) is 30.1 Å². The number of hydrogen-bond donors (Lipinski definition) is 1. The second-order valence-corrected chi connectivity index (χ2v) is 3.29. The molecule has 1 amide bonds. The maximum Gasteiger partial charge on any atom is 0.304 e. The van der Waals surface area contributed by atoms with E-state index in [0.717, 1.165) is 12.1 Å². The molecule has 0 radical (unpaired) electrons. The number of alkyl halides is 1. The molecule has 0 saturated carbocycles. The van der Waals surface area contributed by atoms with Crippen molar-refractivity contribution in [2.75, 3.05) is 11.2 Å². The largest absolute Gasteiger partial charge is 0.326 e. The molecular formula is C9H8ClFN2O3. The van der Waals surface area contributed by atoms with Crippen LogP contribution in [0.15, 0.2) is 18.2 Å². The molecule has 1 aromatic rings. The van der Waals surface area contributed by atoms with E-state index < -0.39 is 16.4 Å². The molecule has 1 aromatic carbocycles. The molecule has 0 aliphatic rings. The predicted octanol–water partition coefficient (Wildman–Crippen LogP) is 2.30. The van der Waals surface area contributed by atoms with Crippen LogP contribution in [0.1, 0.15) is 6.42 Å². The molecule has 16 heavy (non-hydrogen) atoms. The van der Waals surface area contributed by atoms with Crippen molar-refractivity contribution < 1.29 is 14.1 Å². The van der Waals surface area contributed by atoms with Gasteiger partial charge in [0.1, 0.15) is 0 Å². The third kappa shape index (κ3) is 3.16. The molecule has 7 heteroatoms. The fourth-order valence-electron chi connectivity index (χ4n) is 1.04. The third-order valence-electron chi connectivity index (χ3n) is 1.75. The number of benzene rings is 1. The maximum absolute atomic E-state index is 13.1. The van der Waals surface area contributed by atoms with Gasteiger partial charge in [0.2, 0.25) is 11.7 Å². The molecule has 0 bridgehead atoms. The number of nitro benzene ring substituents is 1. The number of halogens is 2. The van der Waals surface area contributed by atoms with Gasteiger partial charge in [-0.1, -0.05) is 0 Å². The van der Waals surface area contributed by atoms with Gasteiger partial charge in [-0.15, -0.1) is 11.6 Å². The van der Waals surface area contributed by atoms with E-state index in [2.05, 4.69) is 5.32 Å². The summed E-state index contributed by atoms with van der Waals surface area (Å²) < 4.78 is 13.1. The van der Waals surface area contributed by atoms with E-state index in [1.54, 1.807) is 0 Å². The van der Waals surface area contributed by atoms with Gasteiger partial charge in [-0.3, -0.25) is 14.9 Å². The number of amides is 1. The molecule has 1 N–H and O–H groups in total. The van der Waals surface area contributed by atoms with Crippen LogP contribution in [0.3, 0.4) is 0 Å². The first-order valence-corrected chi connectivity index (χ1v) is 4.88. The molecule has 86 valence electrons. The minimum atomic E-state index is -0.992. The van der Waals surface area contributed by atoms with Crippen LogP contribution in [0.4, 0.5) is 15.8 Å². The Morgan fingerprint density at radius 3 is 2.75 bits per heavy atom. The second-order valence-electron chi connectivity index (χ2n) is 2.91. The molecule has 1 rings (SSSR count). The van der Waals surface area contributed by atoms with Crippen molar-refractivity contribution in [1.29, 1.82) is 0 Å². The highest BCUT2D eigenvalue weighted by molar-refractivity contribution is 6.19. The molecule has 5 nitrogen and oxygen atoms in total. The Hall–Kier alpha value is -1.69. The average molecular weight is 247 g/mol. The van der Waals surface area contributed by atoms with Crippen LogP contribution >= 0.6 is 11.6 Å². The highest BCUT2D eigenvalue weighted by atomic mass is 35.5. The zero-order valence-corrected chi connectivity index (χ0v) is 8.83. The van der Waals surface area contributed by atoms with Gasteiger partial charge in [-0.05, 0) is 6.07 Å². The number of nitrogens with zero attached hydrogens (tertiary/aromatic N) is 1. The van der Waals surface area contributed by atoms with Crippen molar-refractivity contribution in [3.63, 3.8) is 0 Å². The Bertz CT molecular complexity index is 425. The molecule has 0 spiro atoms. The monoisotopic (exact) mass is 246 g/mol. The second kappa shape index (κ2) is 5.41. The first kappa shape index (κ1) is 12.4. The summed E-state index contributed by atoms with van der Waals surface area (Å²) in [4.78, 5) is 20.6. The van der Waals surface area contributed by atoms with Crippen molar-refractivity contribution in [2.24, 2.45) is 0 Å². The summed E-state index contributed by atoms with van der Waals surface area (Å²) in [6, 6.07) is 3.14. The van der Waals surface area contributed by atoms with E-state index in [9.17, 15) is 19.3 Å². The lowest BCUT2D eigenvalue weighted by Gasteiger charge is -2.03. The molecule has 0 atom stereocenters. The molecule has 0 aliphatic heterocycles. The molecule has 0 saturated heterocycles. The van der Waals surface area contributed by atoms with E-state index in [1.807, 2.05) is 0 Å². The summed E-state index contributed by atoms with van der Waals surface area (Å²) >= 11 is 5.34. The zero-order valence-electron chi connectivity index (χ0n) is 8.07. The first-order chi connectivity index (χ1) is 7.54. The number of nitro groups is 1. The Morgan fingerprint density at radius 2 is 2.25 bits per heavy atom. The highest BCUT2D eigenvalue weighted by Crippen LogP contribution is 2.20. The van der Waals surface area contributed by atoms with E-state index in [4.69, 9.17) is 11.6 Å². The number of nitrogens with one attached hydrogen (secondary N) is 1. The van der Waals surface area contributed by atoms with Crippen LogP contribution in [0.25, 0.3) is 0 Å². The van der Waals surface area contributed by atoms with Crippen molar-refractivity contribution in [3.8, 4) is 0 Å². The number of anilines is 1. The van der Waals surface area contributed by atoms with Gasteiger partial charge < -0.3 is 5.32 Å². The fourth-order valence-corrected chi connectivity index (χ4v) is 1.21. The number of carbonyl (C=O) groups excluding carboxylic acids is 1. The number of carbonyl (C=O) groups is 1. The SMILES string of the molecule is O=C(CCCl)Nc1ccc([N+](=O)[O-])c(F)c1. The smallest absolute Gasteiger partial charge is 0.304 e. The van der Waals surface area contributed by atoms with Crippen LogP contribution in [-0.2, 0) is 4.79 Å². The average Bonchev–Trinajstić information content (AvgIpc) is 2.17. The van der Waals surface area contributed by atoms with E-state index in [-0.39, 0.29) is 23.9 Å². The summed E-state index contributed by atoms with van der Waals surface area (Å²) in [7, 11) is 0. The minimum absolute atomic E-state index is 0.0974. The summed E-state index contributed by atoms with van der Waals surface area (Å²) in [5.41, 5.74) is -0.464. The maximum atomic E-state index is 13.1. The lowest BCUT2D eigenvalue weighted by molar-refractivity contribution is -0.387. The van der Waals surface area contributed by atoms with Crippen LogP contribution in [0.2, 0.25) is 0 Å². The topological polar surface area (TPSA) is 72.2 Å². The molecule has 0 fully saturated rings. The summed E-state index contributed by atoms with van der Waals surface area (Å²) in [5.74, 6) is -1.21. The lowest BCUT2D eigenvalue weighted by atomic mass is 10.2. The van der Waals surface area contributed by atoms with Crippen molar-refractivity contribution in [3.05, 3.63) is 34.1 Å². The number of rotatable bonds is 4. The van der Waals surface area contributed by atoms with Crippen LogP contribution in [0, 0.1) is 15.9 Å². The summed E-state index contributed by atoms with van der Waals surface area (Å²) in [6.07, 6.45) is 0.0974. The first-order valence-electron chi connectivity index (χ1n) is 4.34. The molecule has 0 unspecified atom stereocenters. The van der Waals surface area contributed by atoms with Crippen LogP contribution < -0.4 is 5.32 Å². The zero-order chi connectivity index (χ0) is 12.1. The van der Waals surface area contributed by atoms with Gasteiger partial charge in [0.25, 0.3) is 0 Å². The van der Waals surface area contributed by atoms with Crippen LogP contribution in [0.5, 0.6) is 0 Å². The minimum Gasteiger partial charge on any atom is -0.326 e. The quantitative estimate of drug-likeness (QED) is 0.503. The molecule has 0 aliphatic carbocycles. The third-order valence-corrected chi connectivity index (χ3v) is 1.94. The fraction of sp³-hybridized carbons (Fsp3) is 0.222. The van der Waals surface area contributed by atoms with Crippen molar-refractivity contribution in [2.45, 2.75) is 6.42 Å². The predicted molar refractivity (Wildman–Crippen MR) is 57.0 cm³/mol. The Balaban J connectivity index is 2.81. The van der Waals surface area contributed by atoms with E-state index in [0.29, 0.717) is 0 Å². The normalized spacial score (nSPS) is 9.88.